The van der Waals surface area contributed by atoms with Gasteiger partial charge in [0, 0.05) is 44.7 Å². The molecule has 5 nitrogen and oxygen atoms in total. The number of amides is 2. The Morgan fingerprint density at radius 1 is 1.29 bits per heavy atom. The van der Waals surface area contributed by atoms with Gasteiger partial charge in [0.2, 0.25) is 5.91 Å². The van der Waals surface area contributed by atoms with Gasteiger partial charge in [-0.1, -0.05) is 24.3 Å². The van der Waals surface area contributed by atoms with Crippen LogP contribution in [0.4, 0.5) is 0 Å². The maximum atomic E-state index is 12.0. The summed E-state index contributed by atoms with van der Waals surface area (Å²) in [6.45, 7) is 5.97. The second-order valence-electron chi connectivity index (χ2n) is 5.91. The maximum absolute atomic E-state index is 12.0. The van der Waals surface area contributed by atoms with Gasteiger partial charge in [0.05, 0.1) is 0 Å². The smallest absolute Gasteiger partial charge is 0.251 e. The van der Waals surface area contributed by atoms with E-state index in [1.165, 1.54) is 0 Å². The number of piperazine rings is 1. The summed E-state index contributed by atoms with van der Waals surface area (Å²) in [4.78, 5) is 25.8. The largest absolute Gasteiger partial charge is 0.352 e. The molecule has 1 aliphatic rings. The van der Waals surface area contributed by atoms with E-state index in [2.05, 4.69) is 16.7 Å². The molecule has 24 heavy (non-hydrogen) atoms. The first-order chi connectivity index (χ1) is 11.7. The Balaban J connectivity index is 1.74. The van der Waals surface area contributed by atoms with Crippen molar-refractivity contribution in [2.45, 2.75) is 26.2 Å². The molecule has 0 radical (unpaired) electrons. The molecule has 1 fully saturated rings. The van der Waals surface area contributed by atoms with Crippen molar-refractivity contribution in [1.82, 2.24) is 15.5 Å². The van der Waals surface area contributed by atoms with Crippen LogP contribution in [0, 0.1) is 0 Å². The summed E-state index contributed by atoms with van der Waals surface area (Å²) in [5, 5.41) is 6.05. The van der Waals surface area contributed by atoms with Crippen molar-refractivity contribution >= 4 is 17.9 Å². The van der Waals surface area contributed by atoms with Crippen molar-refractivity contribution in [1.29, 1.82) is 0 Å². The Hall–Kier alpha value is -2.14. The first-order valence-electron chi connectivity index (χ1n) is 8.74. The number of hydrogen-bond acceptors (Lipinski definition) is 3. The van der Waals surface area contributed by atoms with E-state index in [0.29, 0.717) is 18.5 Å². The van der Waals surface area contributed by atoms with Crippen LogP contribution >= 0.6 is 0 Å². The van der Waals surface area contributed by atoms with Crippen molar-refractivity contribution < 1.29 is 9.59 Å². The zero-order valence-electron chi connectivity index (χ0n) is 14.4. The summed E-state index contributed by atoms with van der Waals surface area (Å²) < 4.78 is 0. The minimum atomic E-state index is -0.0469. The molecule has 1 heterocycles. The van der Waals surface area contributed by atoms with Crippen LogP contribution in [0.25, 0.3) is 6.08 Å². The fourth-order valence-electron chi connectivity index (χ4n) is 2.71. The number of allylic oxidation sites excluding steroid dienone is 1. The molecule has 130 valence electrons. The number of unbranched alkanes of at least 4 members (excludes halogenated alkanes) is 1. The summed E-state index contributed by atoms with van der Waals surface area (Å²) in [6, 6.07) is 7.56. The highest BCUT2D eigenvalue weighted by atomic mass is 16.2. The van der Waals surface area contributed by atoms with E-state index in [1.807, 2.05) is 42.2 Å². The second-order valence-corrected chi connectivity index (χ2v) is 5.91. The third-order valence-corrected chi connectivity index (χ3v) is 4.03. The minimum Gasteiger partial charge on any atom is -0.352 e. The normalized spacial score (nSPS) is 14.8. The predicted molar refractivity (Wildman–Crippen MR) is 96.8 cm³/mol. The van der Waals surface area contributed by atoms with Crippen LogP contribution in [-0.2, 0) is 4.79 Å². The number of hydrogen-bond donors (Lipinski definition) is 2. The number of carbonyl (C=O) groups is 2. The third-order valence-electron chi connectivity index (χ3n) is 4.03. The molecule has 2 amide bonds. The standard InChI is InChI=1S/C19H27N3O2/c1-2-21-19(24)17-9-6-8-16(15-17)7-4-3-5-10-18(23)22-13-11-20-12-14-22/h4,6-9,15,20H,2-3,5,10-14H2,1H3,(H,21,24)/b7-4-. The van der Waals surface area contributed by atoms with Crippen LogP contribution in [0.2, 0.25) is 0 Å². The van der Waals surface area contributed by atoms with E-state index in [4.69, 9.17) is 0 Å². The van der Waals surface area contributed by atoms with Crippen LogP contribution in [-0.4, -0.2) is 49.4 Å². The molecule has 0 atom stereocenters. The third kappa shape index (κ3) is 5.81. The van der Waals surface area contributed by atoms with Gasteiger partial charge in [-0.05, 0) is 37.5 Å². The van der Waals surface area contributed by atoms with E-state index in [1.54, 1.807) is 0 Å². The molecule has 2 N–H and O–H groups in total. The highest BCUT2D eigenvalue weighted by Gasteiger charge is 2.14. The van der Waals surface area contributed by atoms with Gasteiger partial charge in [0.1, 0.15) is 0 Å². The van der Waals surface area contributed by atoms with Crippen LogP contribution < -0.4 is 10.6 Å². The molecular weight excluding hydrogens is 302 g/mol. The van der Waals surface area contributed by atoms with E-state index in [-0.39, 0.29) is 11.8 Å². The molecule has 0 bridgehead atoms. The van der Waals surface area contributed by atoms with E-state index >= 15 is 0 Å². The van der Waals surface area contributed by atoms with E-state index in [0.717, 1.165) is 44.6 Å². The number of carbonyl (C=O) groups excluding carboxylic acids is 2. The molecule has 1 saturated heterocycles. The highest BCUT2D eigenvalue weighted by Crippen LogP contribution is 2.09. The highest BCUT2D eigenvalue weighted by molar-refractivity contribution is 5.94. The molecule has 0 aromatic heterocycles. The first kappa shape index (κ1) is 18.2. The lowest BCUT2D eigenvalue weighted by molar-refractivity contribution is -0.131. The van der Waals surface area contributed by atoms with Crippen LogP contribution in [0.3, 0.4) is 0 Å². The second kappa shape index (κ2) is 9.88. The Labute approximate surface area is 144 Å². The molecule has 1 aliphatic heterocycles. The van der Waals surface area contributed by atoms with Gasteiger partial charge < -0.3 is 15.5 Å². The summed E-state index contributed by atoms with van der Waals surface area (Å²) in [7, 11) is 0. The first-order valence-corrected chi connectivity index (χ1v) is 8.74. The van der Waals surface area contributed by atoms with Gasteiger partial charge in [-0.3, -0.25) is 9.59 Å². The summed E-state index contributed by atoms with van der Waals surface area (Å²) >= 11 is 0. The minimum absolute atomic E-state index is 0.0469. The topological polar surface area (TPSA) is 61.4 Å². The van der Waals surface area contributed by atoms with Gasteiger partial charge in [0.25, 0.3) is 5.91 Å². The lowest BCUT2D eigenvalue weighted by Gasteiger charge is -2.27. The van der Waals surface area contributed by atoms with Crippen LogP contribution in [0.5, 0.6) is 0 Å². The number of rotatable bonds is 7. The molecule has 0 spiro atoms. The molecular formula is C19H27N3O2. The van der Waals surface area contributed by atoms with E-state index < -0.39 is 0 Å². The summed E-state index contributed by atoms with van der Waals surface area (Å²) in [6.07, 6.45) is 6.40. The molecule has 1 aromatic rings. The Bertz CT molecular complexity index is 578. The SMILES string of the molecule is CCNC(=O)c1cccc(/C=C\CCCC(=O)N2CCNCC2)c1. The predicted octanol–water partition coefficient (Wildman–Crippen LogP) is 2.05. The Kier molecular flexibility index (Phi) is 7.49. The molecule has 5 heteroatoms. The molecule has 1 aromatic carbocycles. The molecule has 0 aliphatic carbocycles. The van der Waals surface area contributed by atoms with Gasteiger partial charge in [-0.25, -0.2) is 0 Å². The average Bonchev–Trinajstić information content (AvgIpc) is 2.62. The fourth-order valence-corrected chi connectivity index (χ4v) is 2.71. The number of benzene rings is 1. The fraction of sp³-hybridized carbons (Fsp3) is 0.474. The summed E-state index contributed by atoms with van der Waals surface area (Å²) in [5.41, 5.74) is 1.68. The summed E-state index contributed by atoms with van der Waals surface area (Å²) in [5.74, 6) is 0.206. The van der Waals surface area contributed by atoms with Gasteiger partial charge in [-0.15, -0.1) is 0 Å². The van der Waals surface area contributed by atoms with Crippen LogP contribution in [0.1, 0.15) is 42.1 Å². The van der Waals surface area contributed by atoms with Crippen molar-refractivity contribution in [3.63, 3.8) is 0 Å². The number of nitrogens with zero attached hydrogens (tertiary/aromatic N) is 1. The molecule has 0 unspecified atom stereocenters. The average molecular weight is 329 g/mol. The van der Waals surface area contributed by atoms with Crippen molar-refractivity contribution in [3.8, 4) is 0 Å². The molecule has 0 saturated carbocycles. The monoisotopic (exact) mass is 329 g/mol. The Morgan fingerprint density at radius 3 is 2.83 bits per heavy atom. The van der Waals surface area contributed by atoms with Gasteiger partial charge >= 0.3 is 0 Å². The van der Waals surface area contributed by atoms with Gasteiger partial charge in [0.15, 0.2) is 0 Å². The van der Waals surface area contributed by atoms with E-state index in [9.17, 15) is 9.59 Å². The van der Waals surface area contributed by atoms with Crippen molar-refractivity contribution in [3.05, 3.63) is 41.5 Å². The lowest BCUT2D eigenvalue weighted by Crippen LogP contribution is -2.46. The Morgan fingerprint density at radius 2 is 2.08 bits per heavy atom. The van der Waals surface area contributed by atoms with Crippen molar-refractivity contribution in [2.24, 2.45) is 0 Å². The van der Waals surface area contributed by atoms with Crippen LogP contribution in [0.15, 0.2) is 30.3 Å². The number of nitrogens with one attached hydrogen (secondary N) is 2. The quantitative estimate of drug-likeness (QED) is 0.753. The zero-order chi connectivity index (χ0) is 17.2. The lowest BCUT2D eigenvalue weighted by atomic mass is 10.1. The van der Waals surface area contributed by atoms with Gasteiger partial charge in [-0.2, -0.15) is 0 Å². The molecule has 2 rings (SSSR count). The van der Waals surface area contributed by atoms with Crippen molar-refractivity contribution in [2.75, 3.05) is 32.7 Å². The maximum Gasteiger partial charge on any atom is 0.251 e. The zero-order valence-corrected chi connectivity index (χ0v) is 14.4.